The molecule has 134 valence electrons. The summed E-state index contributed by atoms with van der Waals surface area (Å²) in [4.78, 5) is 23.7. The molecule has 0 aromatic heterocycles. The summed E-state index contributed by atoms with van der Waals surface area (Å²) in [6.07, 6.45) is 0.623. The van der Waals surface area contributed by atoms with Crippen LogP contribution in [0, 0.1) is 0 Å². The van der Waals surface area contributed by atoms with Crippen molar-refractivity contribution in [2.24, 2.45) is 5.10 Å². The highest BCUT2D eigenvalue weighted by molar-refractivity contribution is 6.43. The van der Waals surface area contributed by atoms with Crippen molar-refractivity contribution in [3.63, 3.8) is 0 Å². The number of nitrogens with zero attached hydrogens (tertiary/aromatic N) is 2. The third kappa shape index (κ3) is 4.00. The van der Waals surface area contributed by atoms with Crippen molar-refractivity contribution in [2.45, 2.75) is 12.8 Å². The molecule has 2 aromatic rings. The molecule has 2 amide bonds. The first kappa shape index (κ1) is 17.5. The van der Waals surface area contributed by atoms with E-state index in [1.807, 2.05) is 24.3 Å². The van der Waals surface area contributed by atoms with Crippen LogP contribution in [0.3, 0.4) is 0 Å². The zero-order valence-corrected chi connectivity index (χ0v) is 14.6. The highest BCUT2D eigenvalue weighted by atomic mass is 16.5. The topological polar surface area (TPSA) is 80.2 Å². The van der Waals surface area contributed by atoms with Gasteiger partial charge in [0.1, 0.15) is 11.5 Å². The molecule has 0 radical (unpaired) electrons. The summed E-state index contributed by atoms with van der Waals surface area (Å²) >= 11 is 0. The lowest BCUT2D eigenvalue weighted by Crippen LogP contribution is -2.34. The van der Waals surface area contributed by atoms with Crippen LogP contribution < -0.4 is 14.8 Å². The Balaban J connectivity index is 1.65. The molecule has 1 aliphatic heterocycles. The molecule has 0 atom stereocenters. The predicted octanol–water partition coefficient (Wildman–Crippen LogP) is 3.03. The number of methoxy groups -OCH3 is 1. The van der Waals surface area contributed by atoms with Gasteiger partial charge in [0.15, 0.2) is 11.5 Å². The molecule has 0 bridgehead atoms. The zero-order chi connectivity index (χ0) is 18.5. The van der Waals surface area contributed by atoms with Crippen molar-refractivity contribution in [1.29, 1.82) is 0 Å². The van der Waals surface area contributed by atoms with Crippen molar-refractivity contribution >= 4 is 23.2 Å². The van der Waals surface area contributed by atoms with E-state index in [9.17, 15) is 9.59 Å². The molecule has 0 saturated carbocycles. The summed E-state index contributed by atoms with van der Waals surface area (Å²) in [5, 5.41) is 7.97. The average molecular weight is 353 g/mol. The lowest BCUT2D eigenvalue weighted by atomic mass is 10.1. The van der Waals surface area contributed by atoms with Crippen LogP contribution >= 0.6 is 0 Å². The molecule has 0 fully saturated rings. The molecule has 0 unspecified atom stereocenters. The van der Waals surface area contributed by atoms with Crippen molar-refractivity contribution in [1.82, 2.24) is 5.01 Å². The van der Waals surface area contributed by atoms with Gasteiger partial charge in [-0.2, -0.15) is 5.10 Å². The van der Waals surface area contributed by atoms with Gasteiger partial charge in [0.05, 0.1) is 7.11 Å². The molecule has 1 heterocycles. The van der Waals surface area contributed by atoms with Crippen molar-refractivity contribution in [3.05, 3.63) is 48.5 Å². The number of carbonyl (C=O) groups excluding carboxylic acids is 2. The number of nitrogens with one attached hydrogen (secondary N) is 1. The standard InChI is InChI=1S/C19H19N3O4/c1-22-18(23)12-11-15(21-22)19(24)20-13-7-9-14(10-8-13)26-17-6-4-3-5-16(17)25-2/h3-10H,11-12H2,1-2H3,(H,20,24). The molecule has 0 saturated heterocycles. The highest BCUT2D eigenvalue weighted by Crippen LogP contribution is 2.31. The van der Waals surface area contributed by atoms with Gasteiger partial charge in [-0.05, 0) is 36.4 Å². The van der Waals surface area contributed by atoms with E-state index in [1.54, 1.807) is 38.4 Å². The second-order valence-electron chi connectivity index (χ2n) is 5.70. The van der Waals surface area contributed by atoms with Gasteiger partial charge in [0, 0.05) is 25.6 Å². The summed E-state index contributed by atoms with van der Waals surface area (Å²) in [6, 6.07) is 14.3. The van der Waals surface area contributed by atoms with Crippen molar-refractivity contribution < 1.29 is 19.1 Å². The Kier molecular flexibility index (Phi) is 5.17. The van der Waals surface area contributed by atoms with E-state index in [-0.39, 0.29) is 18.2 Å². The smallest absolute Gasteiger partial charge is 0.271 e. The van der Waals surface area contributed by atoms with Crippen molar-refractivity contribution in [3.8, 4) is 17.2 Å². The van der Waals surface area contributed by atoms with Gasteiger partial charge in [-0.1, -0.05) is 12.1 Å². The van der Waals surface area contributed by atoms with E-state index in [4.69, 9.17) is 9.47 Å². The monoisotopic (exact) mass is 353 g/mol. The Morgan fingerprint density at radius 2 is 1.77 bits per heavy atom. The van der Waals surface area contributed by atoms with Gasteiger partial charge >= 0.3 is 0 Å². The van der Waals surface area contributed by atoms with Gasteiger partial charge in [0.25, 0.3) is 5.91 Å². The number of para-hydroxylation sites is 2. The minimum atomic E-state index is -0.317. The lowest BCUT2D eigenvalue weighted by Gasteiger charge is -2.19. The number of hydrogen-bond donors (Lipinski definition) is 1. The SMILES string of the molecule is COc1ccccc1Oc1ccc(NC(=O)C2=NN(C)C(=O)CC2)cc1. The van der Waals surface area contributed by atoms with Crippen LogP contribution in [0.15, 0.2) is 53.6 Å². The van der Waals surface area contributed by atoms with Crippen LogP contribution in [0.2, 0.25) is 0 Å². The lowest BCUT2D eigenvalue weighted by molar-refractivity contribution is -0.130. The summed E-state index contributed by atoms with van der Waals surface area (Å²) in [5.74, 6) is 1.45. The number of amides is 2. The fourth-order valence-electron chi connectivity index (χ4n) is 2.47. The summed E-state index contributed by atoms with van der Waals surface area (Å²) < 4.78 is 11.1. The number of anilines is 1. The molecule has 1 aliphatic rings. The van der Waals surface area contributed by atoms with E-state index >= 15 is 0 Å². The first-order valence-electron chi connectivity index (χ1n) is 8.13. The maximum Gasteiger partial charge on any atom is 0.271 e. The maximum absolute atomic E-state index is 12.3. The normalized spacial score (nSPS) is 13.8. The van der Waals surface area contributed by atoms with Crippen LogP contribution in [0.4, 0.5) is 5.69 Å². The molecule has 7 nitrogen and oxygen atoms in total. The van der Waals surface area contributed by atoms with Gasteiger partial charge < -0.3 is 14.8 Å². The summed E-state index contributed by atoms with van der Waals surface area (Å²) in [5.41, 5.74) is 0.950. The number of hydrogen-bond acceptors (Lipinski definition) is 5. The molecular formula is C19H19N3O4. The van der Waals surface area contributed by atoms with E-state index < -0.39 is 0 Å². The molecule has 0 spiro atoms. The van der Waals surface area contributed by atoms with Gasteiger partial charge in [-0.25, -0.2) is 5.01 Å². The minimum Gasteiger partial charge on any atom is -0.493 e. The van der Waals surface area contributed by atoms with E-state index in [2.05, 4.69) is 10.4 Å². The number of ether oxygens (including phenoxy) is 2. The van der Waals surface area contributed by atoms with E-state index in [0.717, 1.165) is 0 Å². The molecule has 3 rings (SSSR count). The van der Waals surface area contributed by atoms with Crippen LogP contribution in [-0.2, 0) is 9.59 Å². The number of benzene rings is 2. The highest BCUT2D eigenvalue weighted by Gasteiger charge is 2.21. The average Bonchev–Trinajstić information content (AvgIpc) is 2.66. The van der Waals surface area contributed by atoms with E-state index in [0.29, 0.717) is 35.1 Å². The molecule has 1 N–H and O–H groups in total. The molecule has 2 aromatic carbocycles. The maximum atomic E-state index is 12.3. The number of hydrazone groups is 1. The van der Waals surface area contributed by atoms with Crippen LogP contribution in [-0.4, -0.2) is 36.7 Å². The molecule has 26 heavy (non-hydrogen) atoms. The molecular weight excluding hydrogens is 334 g/mol. The van der Waals surface area contributed by atoms with Gasteiger partial charge in [0.2, 0.25) is 5.91 Å². The van der Waals surface area contributed by atoms with Gasteiger partial charge in [-0.3, -0.25) is 9.59 Å². The first-order chi connectivity index (χ1) is 12.6. The number of rotatable bonds is 5. The first-order valence-corrected chi connectivity index (χ1v) is 8.13. The second kappa shape index (κ2) is 7.69. The summed E-state index contributed by atoms with van der Waals surface area (Å²) in [6.45, 7) is 0. The fraction of sp³-hybridized carbons (Fsp3) is 0.211. The largest absolute Gasteiger partial charge is 0.493 e. The minimum absolute atomic E-state index is 0.0978. The molecule has 0 aliphatic carbocycles. The summed E-state index contributed by atoms with van der Waals surface area (Å²) in [7, 11) is 3.12. The van der Waals surface area contributed by atoms with Crippen LogP contribution in [0.5, 0.6) is 17.2 Å². The van der Waals surface area contributed by atoms with Crippen LogP contribution in [0.25, 0.3) is 0 Å². The zero-order valence-electron chi connectivity index (χ0n) is 14.6. The third-order valence-electron chi connectivity index (χ3n) is 3.88. The Morgan fingerprint density at radius 3 is 2.42 bits per heavy atom. The van der Waals surface area contributed by atoms with E-state index in [1.165, 1.54) is 5.01 Å². The fourth-order valence-corrected chi connectivity index (χ4v) is 2.47. The Hall–Kier alpha value is -3.35. The second-order valence-corrected chi connectivity index (χ2v) is 5.70. The Bertz CT molecular complexity index is 846. The quantitative estimate of drug-likeness (QED) is 0.896. The molecule has 7 heteroatoms. The third-order valence-corrected chi connectivity index (χ3v) is 3.88. The van der Waals surface area contributed by atoms with Crippen molar-refractivity contribution in [2.75, 3.05) is 19.5 Å². The Labute approximate surface area is 151 Å². The Morgan fingerprint density at radius 1 is 1.08 bits per heavy atom. The predicted molar refractivity (Wildman–Crippen MR) is 97.6 cm³/mol. The van der Waals surface area contributed by atoms with Crippen LogP contribution in [0.1, 0.15) is 12.8 Å². The number of carbonyl (C=O) groups is 2. The van der Waals surface area contributed by atoms with Gasteiger partial charge in [-0.15, -0.1) is 0 Å².